The highest BCUT2D eigenvalue weighted by molar-refractivity contribution is 14.1. The summed E-state index contributed by atoms with van der Waals surface area (Å²) in [4.78, 5) is 10.8. The first kappa shape index (κ1) is 17.2. The molecule has 4 nitrogen and oxygen atoms in total. The maximum absolute atomic E-state index is 10.8. The molecule has 0 unspecified atom stereocenters. The van der Waals surface area contributed by atoms with Crippen LogP contribution in [0.25, 0.3) is 0 Å². The molecule has 0 saturated carbocycles. The Morgan fingerprint density at radius 1 is 1.56 bits per heavy atom. The monoisotopic (exact) mass is 365 g/mol. The van der Waals surface area contributed by atoms with E-state index in [2.05, 4.69) is 29.2 Å². The molecular formula is C13H20INO3. The molecule has 0 rings (SSSR count). The Labute approximate surface area is 122 Å². The third-order valence-electron chi connectivity index (χ3n) is 2.26. The molecule has 5 heteroatoms. The zero-order chi connectivity index (χ0) is 14.1. The largest absolute Gasteiger partial charge is 0.443 e. The van der Waals surface area contributed by atoms with E-state index < -0.39 is 12.2 Å². The minimum Gasteiger partial charge on any atom is -0.443 e. The van der Waals surface area contributed by atoms with E-state index in [0.717, 1.165) is 9.15 Å². The van der Waals surface area contributed by atoms with Gasteiger partial charge in [0.2, 0.25) is 0 Å². The van der Waals surface area contributed by atoms with Crippen molar-refractivity contribution in [2.45, 2.75) is 32.5 Å². The predicted molar refractivity (Wildman–Crippen MR) is 81.6 cm³/mol. The molecule has 0 aliphatic carbocycles. The molecule has 0 aromatic rings. The van der Waals surface area contributed by atoms with Crippen LogP contribution in [0.3, 0.4) is 0 Å². The number of rotatable bonds is 7. The Morgan fingerprint density at radius 2 is 2.17 bits per heavy atom. The molecule has 2 N–H and O–H groups in total. The topological polar surface area (TPSA) is 61.6 Å². The molecule has 0 aromatic carbocycles. The molecule has 18 heavy (non-hydrogen) atoms. The standard InChI is InChI=1S/C13H20INO3/c1-5-11(18-13(15)16)12(17-4)9(2)7-6-8-10(3)14/h6-8,11-12H,2,5H2,1,3-4H3,(H2,15,16)/b7-6-,10-8+/t11-,12-/m1/s1. The number of ether oxygens (including phenoxy) is 2. The van der Waals surface area contributed by atoms with E-state index in [1.165, 1.54) is 0 Å². The Hall–Kier alpha value is -0.820. The van der Waals surface area contributed by atoms with Crippen molar-refractivity contribution in [3.8, 4) is 0 Å². The molecular weight excluding hydrogens is 345 g/mol. The number of nitrogens with two attached hydrogens (primary N) is 1. The Bertz CT molecular complexity index is 346. The Morgan fingerprint density at radius 3 is 2.56 bits per heavy atom. The first-order chi connectivity index (χ1) is 8.42. The molecule has 0 aliphatic heterocycles. The number of carbonyl (C=O) groups excluding carboxylic acids is 1. The summed E-state index contributed by atoms with van der Waals surface area (Å²) in [6.07, 6.45) is 4.67. The van der Waals surface area contributed by atoms with Crippen molar-refractivity contribution in [2.75, 3.05) is 7.11 Å². The maximum atomic E-state index is 10.8. The fourth-order valence-corrected chi connectivity index (χ4v) is 1.66. The van der Waals surface area contributed by atoms with Crippen LogP contribution in [0.5, 0.6) is 0 Å². The minimum absolute atomic E-state index is 0.387. The zero-order valence-electron chi connectivity index (χ0n) is 11.0. The first-order valence-electron chi connectivity index (χ1n) is 5.60. The highest BCUT2D eigenvalue weighted by atomic mass is 127. The number of methoxy groups -OCH3 is 1. The number of hydrogen-bond acceptors (Lipinski definition) is 3. The van der Waals surface area contributed by atoms with E-state index in [1.807, 2.05) is 32.1 Å². The normalized spacial score (nSPS) is 15.4. The van der Waals surface area contributed by atoms with Gasteiger partial charge in [-0.3, -0.25) is 0 Å². The second-order valence-corrected chi connectivity index (χ2v) is 5.43. The average Bonchev–Trinajstić information content (AvgIpc) is 2.27. The molecule has 0 fully saturated rings. The third-order valence-corrected chi connectivity index (χ3v) is 2.62. The fraction of sp³-hybridized carbons (Fsp3) is 0.462. The van der Waals surface area contributed by atoms with Gasteiger partial charge >= 0.3 is 6.09 Å². The molecule has 0 spiro atoms. The quantitative estimate of drug-likeness (QED) is 0.556. The number of amides is 1. The highest BCUT2D eigenvalue weighted by Gasteiger charge is 2.24. The Kier molecular flexibility index (Phi) is 8.74. The van der Waals surface area contributed by atoms with Crippen LogP contribution in [0.15, 0.2) is 34.0 Å². The summed E-state index contributed by atoms with van der Waals surface area (Å²) in [6.45, 7) is 7.81. The van der Waals surface area contributed by atoms with Crippen LogP contribution in [0.1, 0.15) is 20.3 Å². The van der Waals surface area contributed by atoms with Gasteiger partial charge in [-0.15, -0.1) is 0 Å². The van der Waals surface area contributed by atoms with Gasteiger partial charge in [-0.25, -0.2) is 4.79 Å². The van der Waals surface area contributed by atoms with Gasteiger partial charge in [0.25, 0.3) is 0 Å². The van der Waals surface area contributed by atoms with Crippen molar-refractivity contribution in [1.29, 1.82) is 0 Å². The van der Waals surface area contributed by atoms with E-state index in [1.54, 1.807) is 7.11 Å². The molecule has 0 saturated heterocycles. The lowest BCUT2D eigenvalue weighted by atomic mass is 10.0. The van der Waals surface area contributed by atoms with E-state index in [-0.39, 0.29) is 6.10 Å². The van der Waals surface area contributed by atoms with Crippen molar-refractivity contribution < 1.29 is 14.3 Å². The first-order valence-corrected chi connectivity index (χ1v) is 6.68. The lowest BCUT2D eigenvalue weighted by molar-refractivity contribution is -0.0000510. The summed E-state index contributed by atoms with van der Waals surface area (Å²) in [5.41, 5.74) is 5.76. The SMILES string of the molecule is C=C(/C=C\C=C(/C)I)[C@@H](OC)[C@@H](CC)OC(N)=O. The second-order valence-electron chi connectivity index (χ2n) is 3.73. The van der Waals surface area contributed by atoms with Crippen molar-refractivity contribution in [1.82, 2.24) is 0 Å². The second kappa shape index (κ2) is 9.16. The number of primary amides is 1. The number of halogens is 1. The molecule has 0 heterocycles. The molecule has 0 bridgehead atoms. The molecule has 2 atom stereocenters. The maximum Gasteiger partial charge on any atom is 0.404 e. The van der Waals surface area contributed by atoms with E-state index in [4.69, 9.17) is 15.2 Å². The van der Waals surface area contributed by atoms with Crippen LogP contribution in [0.4, 0.5) is 4.79 Å². The fourth-order valence-electron chi connectivity index (χ4n) is 1.45. The summed E-state index contributed by atoms with van der Waals surface area (Å²) in [5, 5.41) is 0. The van der Waals surface area contributed by atoms with Crippen LogP contribution >= 0.6 is 22.6 Å². The molecule has 102 valence electrons. The van der Waals surface area contributed by atoms with E-state index in [0.29, 0.717) is 6.42 Å². The van der Waals surface area contributed by atoms with Crippen LogP contribution in [-0.2, 0) is 9.47 Å². The minimum atomic E-state index is -0.802. The number of carbonyl (C=O) groups is 1. The summed E-state index contributed by atoms with van der Waals surface area (Å²) >= 11 is 2.22. The Balaban J connectivity index is 4.73. The van der Waals surface area contributed by atoms with Gasteiger partial charge in [0, 0.05) is 7.11 Å². The van der Waals surface area contributed by atoms with E-state index >= 15 is 0 Å². The van der Waals surface area contributed by atoms with E-state index in [9.17, 15) is 4.79 Å². The smallest absolute Gasteiger partial charge is 0.404 e. The van der Waals surface area contributed by atoms with Crippen LogP contribution in [0.2, 0.25) is 0 Å². The van der Waals surface area contributed by atoms with Gasteiger partial charge in [0.05, 0.1) is 0 Å². The van der Waals surface area contributed by atoms with Crippen molar-refractivity contribution in [3.05, 3.63) is 34.0 Å². The summed E-state index contributed by atoms with van der Waals surface area (Å²) in [7, 11) is 1.55. The van der Waals surface area contributed by atoms with Gasteiger partial charge in [-0.1, -0.05) is 31.7 Å². The van der Waals surface area contributed by atoms with Crippen LogP contribution < -0.4 is 5.73 Å². The summed E-state index contributed by atoms with van der Waals surface area (Å²) < 4.78 is 11.5. The van der Waals surface area contributed by atoms with Gasteiger partial charge in [0.15, 0.2) is 0 Å². The van der Waals surface area contributed by atoms with Crippen molar-refractivity contribution in [2.24, 2.45) is 5.73 Å². The highest BCUT2D eigenvalue weighted by Crippen LogP contribution is 2.16. The van der Waals surface area contributed by atoms with Gasteiger partial charge in [-0.2, -0.15) is 0 Å². The summed E-state index contributed by atoms with van der Waals surface area (Å²) in [6, 6.07) is 0. The lowest BCUT2D eigenvalue weighted by Crippen LogP contribution is -2.35. The molecule has 0 aliphatic rings. The third kappa shape index (κ3) is 6.80. The van der Waals surface area contributed by atoms with Crippen LogP contribution in [0, 0.1) is 0 Å². The predicted octanol–water partition coefficient (Wildman–Crippen LogP) is 3.33. The molecule has 1 amide bonds. The van der Waals surface area contributed by atoms with Crippen molar-refractivity contribution >= 4 is 28.7 Å². The molecule has 0 radical (unpaired) electrons. The van der Waals surface area contributed by atoms with Gasteiger partial charge in [0.1, 0.15) is 12.2 Å². The lowest BCUT2D eigenvalue weighted by Gasteiger charge is -2.24. The van der Waals surface area contributed by atoms with Crippen molar-refractivity contribution in [3.63, 3.8) is 0 Å². The number of hydrogen-bond donors (Lipinski definition) is 1. The van der Waals surface area contributed by atoms with Crippen LogP contribution in [-0.4, -0.2) is 25.4 Å². The van der Waals surface area contributed by atoms with Gasteiger partial charge in [-0.05, 0) is 45.1 Å². The average molecular weight is 365 g/mol. The number of allylic oxidation sites excluding steroid dienone is 3. The van der Waals surface area contributed by atoms with Gasteiger partial charge < -0.3 is 15.2 Å². The molecule has 0 aromatic heterocycles. The zero-order valence-corrected chi connectivity index (χ0v) is 13.1. The summed E-state index contributed by atoms with van der Waals surface area (Å²) in [5.74, 6) is 0.